The average Bonchev–Trinajstić information content (AvgIpc) is 2.27. The first-order chi connectivity index (χ1) is 7.57. The molecule has 1 rings (SSSR count). The summed E-state index contributed by atoms with van der Waals surface area (Å²) in [4.78, 5) is 0. The highest BCUT2D eigenvalue weighted by Crippen LogP contribution is 2.18. The zero-order chi connectivity index (χ0) is 12.0. The molecule has 0 fully saturated rings. The van der Waals surface area contributed by atoms with Crippen molar-refractivity contribution in [2.24, 2.45) is 5.41 Å². The van der Waals surface area contributed by atoms with Crippen LogP contribution in [-0.2, 0) is 6.42 Å². The van der Waals surface area contributed by atoms with E-state index >= 15 is 0 Å². The summed E-state index contributed by atoms with van der Waals surface area (Å²) in [6.45, 7) is 8.25. The van der Waals surface area contributed by atoms with Crippen LogP contribution >= 0.6 is 0 Å². The summed E-state index contributed by atoms with van der Waals surface area (Å²) in [6, 6.07) is 8.35. The third-order valence-corrected chi connectivity index (χ3v) is 2.62. The number of nitrogens with one attached hydrogen (secondary N) is 1. The van der Waals surface area contributed by atoms with Gasteiger partial charge in [0.25, 0.3) is 0 Å². The number of benzene rings is 1. The van der Waals surface area contributed by atoms with E-state index in [-0.39, 0.29) is 5.41 Å². The molecule has 0 unspecified atom stereocenters. The molecule has 0 saturated heterocycles. The van der Waals surface area contributed by atoms with Crippen LogP contribution in [0, 0.1) is 5.41 Å². The summed E-state index contributed by atoms with van der Waals surface area (Å²) in [5.41, 5.74) is 1.51. The van der Waals surface area contributed by atoms with E-state index < -0.39 is 0 Å². The maximum atomic E-state index is 5.78. The fourth-order valence-corrected chi connectivity index (χ4v) is 1.63. The first kappa shape index (κ1) is 13.0. The minimum atomic E-state index is 0.165. The standard InChI is InChI=1S/C14H23NO/c1-5-12-6-8-13(9-7-12)16-11-14(2,3)10-15-4/h6-9,15H,5,10-11H2,1-4H3. The number of aryl methyl sites for hydroxylation is 1. The minimum Gasteiger partial charge on any atom is -0.493 e. The number of ether oxygens (including phenoxy) is 1. The van der Waals surface area contributed by atoms with E-state index in [9.17, 15) is 0 Å². The van der Waals surface area contributed by atoms with Gasteiger partial charge < -0.3 is 10.1 Å². The molecule has 0 spiro atoms. The predicted octanol–water partition coefficient (Wildman–Crippen LogP) is 2.87. The van der Waals surface area contributed by atoms with E-state index in [4.69, 9.17) is 4.74 Å². The lowest BCUT2D eigenvalue weighted by molar-refractivity contribution is 0.179. The monoisotopic (exact) mass is 221 g/mol. The van der Waals surface area contributed by atoms with Gasteiger partial charge in [-0.3, -0.25) is 0 Å². The lowest BCUT2D eigenvalue weighted by Crippen LogP contribution is -2.32. The Balaban J connectivity index is 2.48. The van der Waals surface area contributed by atoms with Crippen molar-refractivity contribution >= 4 is 0 Å². The van der Waals surface area contributed by atoms with Gasteiger partial charge in [-0.2, -0.15) is 0 Å². The molecule has 0 aliphatic rings. The van der Waals surface area contributed by atoms with Gasteiger partial charge in [-0.05, 0) is 31.2 Å². The molecule has 1 aromatic rings. The van der Waals surface area contributed by atoms with Crippen molar-refractivity contribution < 1.29 is 4.74 Å². The second kappa shape index (κ2) is 5.90. The second-order valence-electron chi connectivity index (χ2n) is 4.98. The molecule has 2 heteroatoms. The van der Waals surface area contributed by atoms with E-state index in [0.717, 1.165) is 25.3 Å². The molecule has 0 aliphatic heterocycles. The van der Waals surface area contributed by atoms with Gasteiger partial charge in [0.05, 0.1) is 6.61 Å². The smallest absolute Gasteiger partial charge is 0.119 e. The molecule has 16 heavy (non-hydrogen) atoms. The Bertz CT molecular complexity index is 303. The molecular weight excluding hydrogens is 198 g/mol. The largest absolute Gasteiger partial charge is 0.493 e. The quantitative estimate of drug-likeness (QED) is 0.797. The van der Waals surface area contributed by atoms with Gasteiger partial charge in [0.1, 0.15) is 5.75 Å². The molecule has 0 aliphatic carbocycles. The van der Waals surface area contributed by atoms with Crippen LogP contribution < -0.4 is 10.1 Å². The van der Waals surface area contributed by atoms with Crippen LogP contribution in [0.25, 0.3) is 0 Å². The fraction of sp³-hybridized carbons (Fsp3) is 0.571. The van der Waals surface area contributed by atoms with Crippen molar-refractivity contribution in [3.8, 4) is 5.75 Å². The second-order valence-corrected chi connectivity index (χ2v) is 4.98. The van der Waals surface area contributed by atoms with Crippen LogP contribution in [0.4, 0.5) is 0 Å². The third kappa shape index (κ3) is 4.23. The van der Waals surface area contributed by atoms with Gasteiger partial charge in [0.15, 0.2) is 0 Å². The Morgan fingerprint density at radius 1 is 1.19 bits per heavy atom. The maximum absolute atomic E-state index is 5.78. The number of hydrogen-bond donors (Lipinski definition) is 1. The van der Waals surface area contributed by atoms with Gasteiger partial charge in [-0.15, -0.1) is 0 Å². The van der Waals surface area contributed by atoms with Crippen molar-refractivity contribution in [2.45, 2.75) is 27.2 Å². The van der Waals surface area contributed by atoms with Crippen LogP contribution in [0.1, 0.15) is 26.3 Å². The van der Waals surface area contributed by atoms with Crippen molar-refractivity contribution in [1.82, 2.24) is 5.32 Å². The normalized spacial score (nSPS) is 11.5. The van der Waals surface area contributed by atoms with E-state index in [1.165, 1.54) is 5.56 Å². The molecule has 1 N–H and O–H groups in total. The van der Waals surface area contributed by atoms with E-state index in [0.29, 0.717) is 0 Å². The first-order valence-electron chi connectivity index (χ1n) is 5.94. The summed E-state index contributed by atoms with van der Waals surface area (Å²) in [5.74, 6) is 0.960. The number of hydrogen-bond acceptors (Lipinski definition) is 2. The highest BCUT2D eigenvalue weighted by atomic mass is 16.5. The van der Waals surface area contributed by atoms with Crippen LogP contribution in [-0.4, -0.2) is 20.2 Å². The van der Waals surface area contributed by atoms with E-state index in [1.54, 1.807) is 0 Å². The molecule has 0 heterocycles. The Morgan fingerprint density at radius 2 is 1.81 bits per heavy atom. The maximum Gasteiger partial charge on any atom is 0.119 e. The zero-order valence-corrected chi connectivity index (χ0v) is 10.8. The average molecular weight is 221 g/mol. The third-order valence-electron chi connectivity index (χ3n) is 2.62. The molecule has 1 aromatic carbocycles. The topological polar surface area (TPSA) is 21.3 Å². The van der Waals surface area contributed by atoms with Gasteiger partial charge in [-0.1, -0.05) is 32.9 Å². The predicted molar refractivity (Wildman–Crippen MR) is 69.0 cm³/mol. The van der Waals surface area contributed by atoms with Crippen molar-refractivity contribution in [3.63, 3.8) is 0 Å². The van der Waals surface area contributed by atoms with Gasteiger partial charge in [-0.25, -0.2) is 0 Å². The molecule has 0 bridgehead atoms. The Labute approximate surface area is 99.0 Å². The lowest BCUT2D eigenvalue weighted by Gasteiger charge is -2.24. The minimum absolute atomic E-state index is 0.165. The summed E-state index contributed by atoms with van der Waals surface area (Å²) >= 11 is 0. The van der Waals surface area contributed by atoms with Gasteiger partial charge in [0, 0.05) is 12.0 Å². The van der Waals surface area contributed by atoms with E-state index in [2.05, 4.69) is 38.2 Å². The molecular formula is C14H23NO. The number of rotatable bonds is 6. The highest BCUT2D eigenvalue weighted by molar-refractivity contribution is 5.27. The molecule has 0 aromatic heterocycles. The molecule has 0 atom stereocenters. The van der Waals surface area contributed by atoms with Crippen LogP contribution in [0.3, 0.4) is 0 Å². The lowest BCUT2D eigenvalue weighted by atomic mass is 9.95. The van der Waals surface area contributed by atoms with Crippen molar-refractivity contribution in [1.29, 1.82) is 0 Å². The molecule has 0 radical (unpaired) electrons. The summed E-state index contributed by atoms with van der Waals surface area (Å²) in [7, 11) is 1.97. The molecule has 0 amide bonds. The van der Waals surface area contributed by atoms with Crippen molar-refractivity contribution in [2.75, 3.05) is 20.2 Å². The molecule has 2 nitrogen and oxygen atoms in total. The Morgan fingerprint density at radius 3 is 2.31 bits per heavy atom. The van der Waals surface area contributed by atoms with Gasteiger partial charge in [0.2, 0.25) is 0 Å². The Kier molecular flexibility index (Phi) is 4.81. The zero-order valence-electron chi connectivity index (χ0n) is 10.8. The van der Waals surface area contributed by atoms with Crippen molar-refractivity contribution in [3.05, 3.63) is 29.8 Å². The van der Waals surface area contributed by atoms with Gasteiger partial charge >= 0.3 is 0 Å². The molecule has 90 valence electrons. The van der Waals surface area contributed by atoms with Crippen LogP contribution in [0.5, 0.6) is 5.75 Å². The van der Waals surface area contributed by atoms with Crippen LogP contribution in [0.15, 0.2) is 24.3 Å². The SMILES string of the molecule is CCc1ccc(OCC(C)(C)CNC)cc1. The molecule has 0 saturated carbocycles. The Hall–Kier alpha value is -1.02. The summed E-state index contributed by atoms with van der Waals surface area (Å²) in [6.07, 6.45) is 1.07. The fourth-order valence-electron chi connectivity index (χ4n) is 1.63. The highest BCUT2D eigenvalue weighted by Gasteiger charge is 2.17. The van der Waals surface area contributed by atoms with E-state index in [1.807, 2.05) is 19.2 Å². The summed E-state index contributed by atoms with van der Waals surface area (Å²) < 4.78 is 5.78. The summed E-state index contributed by atoms with van der Waals surface area (Å²) in [5, 5.41) is 3.18. The first-order valence-corrected chi connectivity index (χ1v) is 5.94. The van der Waals surface area contributed by atoms with Crippen LogP contribution in [0.2, 0.25) is 0 Å².